The molecular weight excluding hydrogens is 358 g/mol. The summed E-state index contributed by atoms with van der Waals surface area (Å²) in [6, 6.07) is 10.1. The molecule has 8 nitrogen and oxygen atoms in total. The van der Waals surface area contributed by atoms with Gasteiger partial charge in [0.15, 0.2) is 5.82 Å². The van der Waals surface area contributed by atoms with Crippen LogP contribution in [-0.4, -0.2) is 50.9 Å². The molecule has 3 rings (SSSR count). The molecular formula is C20H23N5O3. The molecule has 3 aromatic rings. The fourth-order valence-corrected chi connectivity index (χ4v) is 3.43. The molecule has 0 bridgehead atoms. The van der Waals surface area contributed by atoms with Crippen molar-refractivity contribution in [3.8, 4) is 0 Å². The fraction of sp³-hybridized carbons (Fsp3) is 0.300. The molecule has 0 fully saturated rings. The number of aryl methyl sites for hydroxylation is 1. The minimum absolute atomic E-state index is 0.0550. The lowest BCUT2D eigenvalue weighted by Crippen LogP contribution is -2.35. The molecule has 2 atom stereocenters. The van der Waals surface area contributed by atoms with E-state index in [0.29, 0.717) is 16.7 Å². The van der Waals surface area contributed by atoms with Gasteiger partial charge in [0, 0.05) is 19.3 Å². The largest absolute Gasteiger partial charge is 0.478 e. The van der Waals surface area contributed by atoms with Crippen LogP contribution < -0.4 is 10.9 Å². The summed E-state index contributed by atoms with van der Waals surface area (Å²) in [6.07, 6.45) is 1.63. The van der Waals surface area contributed by atoms with Gasteiger partial charge in [-0.25, -0.2) is 9.48 Å². The number of rotatable bonds is 6. The van der Waals surface area contributed by atoms with Crippen LogP contribution in [0.4, 0.5) is 5.82 Å². The third-order valence-electron chi connectivity index (χ3n) is 4.70. The van der Waals surface area contributed by atoms with Crippen LogP contribution in [0.1, 0.15) is 28.9 Å². The van der Waals surface area contributed by atoms with Crippen LogP contribution in [0.3, 0.4) is 0 Å². The zero-order valence-electron chi connectivity index (χ0n) is 16.2. The van der Waals surface area contributed by atoms with E-state index < -0.39 is 5.97 Å². The molecule has 1 unspecified atom stereocenters. The molecule has 2 N–H and O–H groups in total. The van der Waals surface area contributed by atoms with Gasteiger partial charge in [-0.05, 0) is 50.8 Å². The number of carboxylic acids is 1. The standard InChI is InChI=1S/C20H23N5O3/c1-12(17(24(2)3)13-7-9-14(10-8-13)20(27)28)22-18-16-15(6-5-11-21-16)19(26)25(4)23-18/h5-12,17H,1-4H3,(H,22,23)(H,27,28)/t12-,17?/m0/s1. The topological polar surface area (TPSA) is 100 Å². The van der Waals surface area contributed by atoms with Crippen molar-refractivity contribution in [1.29, 1.82) is 0 Å². The number of aromatic nitrogens is 3. The van der Waals surface area contributed by atoms with Crippen molar-refractivity contribution >= 4 is 22.7 Å². The van der Waals surface area contributed by atoms with Gasteiger partial charge in [-0.3, -0.25) is 9.78 Å². The van der Waals surface area contributed by atoms with Gasteiger partial charge in [-0.2, -0.15) is 5.10 Å². The van der Waals surface area contributed by atoms with Crippen molar-refractivity contribution in [1.82, 2.24) is 19.7 Å². The maximum absolute atomic E-state index is 12.3. The van der Waals surface area contributed by atoms with Crippen molar-refractivity contribution in [2.45, 2.75) is 19.0 Å². The Kier molecular flexibility index (Phi) is 5.41. The van der Waals surface area contributed by atoms with Gasteiger partial charge in [0.05, 0.1) is 17.0 Å². The number of pyridine rings is 1. The Morgan fingerprint density at radius 3 is 2.50 bits per heavy atom. The van der Waals surface area contributed by atoms with Crippen LogP contribution in [0.25, 0.3) is 10.9 Å². The van der Waals surface area contributed by atoms with Crippen molar-refractivity contribution in [2.75, 3.05) is 19.4 Å². The highest BCUT2D eigenvalue weighted by Gasteiger charge is 2.23. The number of benzene rings is 1. The Labute approximate surface area is 162 Å². The number of fused-ring (bicyclic) bond motifs is 1. The summed E-state index contributed by atoms with van der Waals surface area (Å²) in [5, 5.41) is 17.3. The Morgan fingerprint density at radius 1 is 1.21 bits per heavy atom. The van der Waals surface area contributed by atoms with Crippen LogP contribution >= 0.6 is 0 Å². The molecule has 0 amide bonds. The van der Waals surface area contributed by atoms with E-state index in [1.54, 1.807) is 37.5 Å². The molecule has 0 radical (unpaired) electrons. The van der Waals surface area contributed by atoms with E-state index in [1.165, 1.54) is 4.68 Å². The molecule has 0 aliphatic heterocycles. The molecule has 0 saturated carbocycles. The van der Waals surface area contributed by atoms with E-state index in [9.17, 15) is 9.59 Å². The van der Waals surface area contributed by atoms with Crippen LogP contribution in [0.2, 0.25) is 0 Å². The molecule has 8 heteroatoms. The molecule has 0 aliphatic rings. The quantitative estimate of drug-likeness (QED) is 0.675. The summed E-state index contributed by atoms with van der Waals surface area (Å²) < 4.78 is 1.30. The summed E-state index contributed by atoms with van der Waals surface area (Å²) >= 11 is 0. The first-order chi connectivity index (χ1) is 13.3. The maximum atomic E-state index is 12.3. The zero-order chi connectivity index (χ0) is 20.4. The average Bonchev–Trinajstić information content (AvgIpc) is 2.66. The van der Waals surface area contributed by atoms with Crippen LogP contribution in [-0.2, 0) is 7.05 Å². The second-order valence-corrected chi connectivity index (χ2v) is 6.95. The van der Waals surface area contributed by atoms with Gasteiger partial charge in [-0.15, -0.1) is 0 Å². The van der Waals surface area contributed by atoms with Gasteiger partial charge < -0.3 is 15.3 Å². The molecule has 1 aromatic carbocycles. The van der Waals surface area contributed by atoms with Crippen molar-refractivity contribution in [3.63, 3.8) is 0 Å². The summed E-state index contributed by atoms with van der Waals surface area (Å²) in [5.41, 5.74) is 1.54. The molecule has 0 spiro atoms. The average molecular weight is 381 g/mol. The second-order valence-electron chi connectivity index (χ2n) is 6.95. The highest BCUT2D eigenvalue weighted by molar-refractivity contribution is 5.88. The minimum atomic E-state index is -0.953. The number of nitrogens with one attached hydrogen (secondary N) is 1. The number of nitrogens with zero attached hydrogens (tertiary/aromatic N) is 4. The van der Waals surface area contributed by atoms with Gasteiger partial charge in [0.25, 0.3) is 5.56 Å². The first-order valence-electron chi connectivity index (χ1n) is 8.88. The number of carbonyl (C=O) groups is 1. The molecule has 0 saturated heterocycles. The number of aromatic carboxylic acids is 1. The van der Waals surface area contributed by atoms with Gasteiger partial charge in [-0.1, -0.05) is 12.1 Å². The number of hydrogen-bond acceptors (Lipinski definition) is 6. The fourth-order valence-electron chi connectivity index (χ4n) is 3.43. The van der Waals surface area contributed by atoms with E-state index in [4.69, 9.17) is 5.11 Å². The lowest BCUT2D eigenvalue weighted by Gasteiger charge is -2.31. The Hall–Kier alpha value is -3.26. The Morgan fingerprint density at radius 2 is 1.89 bits per heavy atom. The van der Waals surface area contributed by atoms with Gasteiger partial charge in [0.2, 0.25) is 0 Å². The summed E-state index contributed by atoms with van der Waals surface area (Å²) in [6.45, 7) is 2.01. The Balaban J connectivity index is 1.97. The van der Waals surface area contributed by atoms with E-state index in [0.717, 1.165) is 5.56 Å². The van der Waals surface area contributed by atoms with E-state index in [-0.39, 0.29) is 23.2 Å². The summed E-state index contributed by atoms with van der Waals surface area (Å²) in [7, 11) is 5.52. The highest BCUT2D eigenvalue weighted by atomic mass is 16.4. The molecule has 2 aromatic heterocycles. The third kappa shape index (κ3) is 3.72. The van der Waals surface area contributed by atoms with Crippen LogP contribution in [0.5, 0.6) is 0 Å². The monoisotopic (exact) mass is 381 g/mol. The minimum Gasteiger partial charge on any atom is -0.478 e. The van der Waals surface area contributed by atoms with E-state index in [2.05, 4.69) is 15.4 Å². The van der Waals surface area contributed by atoms with Crippen molar-refractivity contribution < 1.29 is 9.90 Å². The zero-order valence-corrected chi connectivity index (χ0v) is 16.2. The van der Waals surface area contributed by atoms with Gasteiger partial charge in [0.1, 0.15) is 5.52 Å². The first kappa shape index (κ1) is 19.5. The predicted molar refractivity (Wildman–Crippen MR) is 108 cm³/mol. The van der Waals surface area contributed by atoms with Crippen molar-refractivity contribution in [2.24, 2.45) is 7.05 Å². The number of carboxylic acid groups (broad SMARTS) is 1. The number of likely N-dealkylation sites (N-methyl/N-ethyl adjacent to an activating group) is 1. The van der Waals surface area contributed by atoms with E-state index in [1.807, 2.05) is 38.1 Å². The second kappa shape index (κ2) is 7.77. The summed E-state index contributed by atoms with van der Waals surface area (Å²) in [4.78, 5) is 29.8. The number of anilines is 1. The first-order valence-corrected chi connectivity index (χ1v) is 8.88. The Bertz CT molecular complexity index is 1060. The molecule has 28 heavy (non-hydrogen) atoms. The lowest BCUT2D eigenvalue weighted by atomic mass is 9.98. The van der Waals surface area contributed by atoms with Gasteiger partial charge >= 0.3 is 5.97 Å². The van der Waals surface area contributed by atoms with Crippen LogP contribution in [0.15, 0.2) is 47.4 Å². The van der Waals surface area contributed by atoms with Crippen LogP contribution in [0, 0.1) is 0 Å². The third-order valence-corrected chi connectivity index (χ3v) is 4.70. The highest BCUT2D eigenvalue weighted by Crippen LogP contribution is 2.26. The van der Waals surface area contributed by atoms with Crippen molar-refractivity contribution in [3.05, 3.63) is 64.1 Å². The predicted octanol–water partition coefficient (Wildman–Crippen LogP) is 2.13. The molecule has 0 aliphatic carbocycles. The smallest absolute Gasteiger partial charge is 0.335 e. The molecule has 146 valence electrons. The SMILES string of the molecule is C[C@H](Nc1nn(C)c(=O)c2cccnc12)C(c1ccc(C(=O)O)cc1)N(C)C. The number of hydrogen-bond donors (Lipinski definition) is 2. The lowest BCUT2D eigenvalue weighted by molar-refractivity contribution is 0.0697. The van der Waals surface area contributed by atoms with E-state index >= 15 is 0 Å². The molecule has 2 heterocycles. The summed E-state index contributed by atoms with van der Waals surface area (Å²) in [5.74, 6) is -0.426. The maximum Gasteiger partial charge on any atom is 0.335 e. The normalized spacial score (nSPS) is 13.5.